The van der Waals surface area contributed by atoms with E-state index in [0.29, 0.717) is 34.0 Å². The van der Waals surface area contributed by atoms with E-state index in [1.807, 2.05) is 13.0 Å². The molecule has 0 saturated carbocycles. The highest BCUT2D eigenvalue weighted by Gasteiger charge is 2.23. The van der Waals surface area contributed by atoms with E-state index in [1.165, 1.54) is 0 Å². The van der Waals surface area contributed by atoms with E-state index in [4.69, 9.17) is 9.47 Å². The van der Waals surface area contributed by atoms with Crippen LogP contribution in [0.1, 0.15) is 34.7 Å². The number of ether oxygens (including phenoxy) is 2. The fourth-order valence-electron chi connectivity index (χ4n) is 3.28. The maximum absolute atomic E-state index is 13.4. The van der Waals surface area contributed by atoms with Gasteiger partial charge in [-0.2, -0.15) is 9.78 Å². The Morgan fingerprint density at radius 3 is 2.42 bits per heavy atom. The van der Waals surface area contributed by atoms with Crippen molar-refractivity contribution >= 4 is 39.0 Å². The lowest BCUT2D eigenvalue weighted by Crippen LogP contribution is -2.25. The molecule has 1 amide bonds. The van der Waals surface area contributed by atoms with Gasteiger partial charge < -0.3 is 14.8 Å². The van der Waals surface area contributed by atoms with Crippen molar-refractivity contribution in [3.05, 3.63) is 81.6 Å². The minimum atomic E-state index is -0.644. The molecule has 0 fully saturated rings. The number of carbonyl (C=O) groups excluding carboxylic acids is 2. The summed E-state index contributed by atoms with van der Waals surface area (Å²) < 4.78 is 11.7. The largest absolute Gasteiger partial charge is 0.494 e. The van der Waals surface area contributed by atoms with Gasteiger partial charge in [-0.25, -0.2) is 4.79 Å². The van der Waals surface area contributed by atoms with Crippen molar-refractivity contribution in [1.82, 2.24) is 9.78 Å². The second-order valence-corrected chi connectivity index (χ2v) is 7.77. The molecule has 0 spiro atoms. The standard InChI is InChI=1S/C24H21N3O5S/c1-3-31-17-12-10-15(11-13-17)21(28)25-22-19-18(14-33-22)20(24(30)32-4-2)26-27(23(19)29)16-8-6-5-7-9-16/h5-14H,3-4H2,1-2H3,(H,25,28). The Bertz CT molecular complexity index is 1360. The molecule has 0 radical (unpaired) electrons. The predicted molar refractivity (Wildman–Crippen MR) is 127 cm³/mol. The van der Waals surface area contributed by atoms with Gasteiger partial charge in [-0.15, -0.1) is 11.3 Å². The lowest BCUT2D eigenvalue weighted by molar-refractivity contribution is 0.0520. The highest BCUT2D eigenvalue weighted by molar-refractivity contribution is 7.16. The van der Waals surface area contributed by atoms with E-state index in [2.05, 4.69) is 10.4 Å². The molecule has 2 aromatic carbocycles. The second kappa shape index (κ2) is 9.66. The summed E-state index contributed by atoms with van der Waals surface area (Å²) in [5, 5.41) is 9.55. The number of rotatable bonds is 7. The van der Waals surface area contributed by atoms with Gasteiger partial charge in [0, 0.05) is 16.3 Å². The lowest BCUT2D eigenvalue weighted by atomic mass is 10.2. The van der Waals surface area contributed by atoms with E-state index in [0.717, 1.165) is 16.0 Å². The van der Waals surface area contributed by atoms with Crippen LogP contribution in [0.5, 0.6) is 5.75 Å². The summed E-state index contributed by atoms with van der Waals surface area (Å²) in [6, 6.07) is 15.5. The maximum atomic E-state index is 13.4. The first kappa shape index (κ1) is 22.2. The Morgan fingerprint density at radius 1 is 1.03 bits per heavy atom. The number of benzene rings is 2. The number of hydrogen-bond donors (Lipinski definition) is 1. The van der Waals surface area contributed by atoms with Gasteiger partial charge in [0.05, 0.1) is 24.3 Å². The molecule has 0 atom stereocenters. The van der Waals surface area contributed by atoms with Crippen molar-refractivity contribution < 1.29 is 19.1 Å². The van der Waals surface area contributed by atoms with E-state index in [1.54, 1.807) is 60.8 Å². The molecule has 8 nitrogen and oxygen atoms in total. The van der Waals surface area contributed by atoms with Gasteiger partial charge in [-0.05, 0) is 50.2 Å². The topological polar surface area (TPSA) is 99.5 Å². The number of esters is 1. The Hall–Kier alpha value is -3.98. The van der Waals surface area contributed by atoms with Crippen molar-refractivity contribution in [2.45, 2.75) is 13.8 Å². The normalized spacial score (nSPS) is 10.7. The minimum absolute atomic E-state index is 0.00752. The van der Waals surface area contributed by atoms with Crippen molar-refractivity contribution in [2.24, 2.45) is 0 Å². The van der Waals surface area contributed by atoms with Crippen LogP contribution < -0.4 is 15.6 Å². The first-order chi connectivity index (χ1) is 16.0. The fraction of sp³-hybridized carbons (Fsp3) is 0.167. The van der Waals surface area contributed by atoms with Gasteiger partial charge in [0.2, 0.25) is 0 Å². The summed E-state index contributed by atoms with van der Waals surface area (Å²) in [5.41, 5.74) is 0.452. The molecule has 9 heteroatoms. The van der Waals surface area contributed by atoms with Gasteiger partial charge >= 0.3 is 5.97 Å². The Kier molecular flexibility index (Phi) is 6.50. The zero-order chi connectivity index (χ0) is 23.4. The lowest BCUT2D eigenvalue weighted by Gasteiger charge is -2.10. The number of hydrogen-bond acceptors (Lipinski definition) is 7. The molecule has 4 aromatic rings. The van der Waals surface area contributed by atoms with Gasteiger partial charge in [-0.3, -0.25) is 9.59 Å². The number of fused-ring (bicyclic) bond motifs is 1. The molecule has 0 bridgehead atoms. The molecule has 0 aliphatic rings. The van der Waals surface area contributed by atoms with Crippen LogP contribution in [0.25, 0.3) is 16.5 Å². The van der Waals surface area contributed by atoms with Crippen LogP contribution in [0.2, 0.25) is 0 Å². The van der Waals surface area contributed by atoms with Crippen molar-refractivity contribution in [3.63, 3.8) is 0 Å². The van der Waals surface area contributed by atoms with Crippen LogP contribution in [0.15, 0.2) is 64.8 Å². The summed E-state index contributed by atoms with van der Waals surface area (Å²) in [6.07, 6.45) is 0. The molecule has 33 heavy (non-hydrogen) atoms. The highest BCUT2D eigenvalue weighted by atomic mass is 32.1. The molecular weight excluding hydrogens is 442 g/mol. The summed E-state index contributed by atoms with van der Waals surface area (Å²) in [4.78, 5) is 38.8. The molecule has 0 saturated heterocycles. The number of aromatic nitrogens is 2. The second-order valence-electron chi connectivity index (χ2n) is 6.89. The average Bonchev–Trinajstić information content (AvgIpc) is 3.25. The summed E-state index contributed by atoms with van der Waals surface area (Å²) in [5.74, 6) is -0.372. The van der Waals surface area contributed by atoms with Crippen molar-refractivity contribution in [2.75, 3.05) is 18.5 Å². The van der Waals surface area contributed by atoms with Gasteiger partial charge in [0.15, 0.2) is 5.69 Å². The van der Waals surface area contributed by atoms with E-state index >= 15 is 0 Å². The molecule has 2 aromatic heterocycles. The number of amides is 1. The first-order valence-electron chi connectivity index (χ1n) is 10.3. The third kappa shape index (κ3) is 4.49. The minimum Gasteiger partial charge on any atom is -0.494 e. The zero-order valence-electron chi connectivity index (χ0n) is 18.0. The zero-order valence-corrected chi connectivity index (χ0v) is 18.8. The van der Waals surface area contributed by atoms with Crippen molar-refractivity contribution in [3.8, 4) is 11.4 Å². The average molecular weight is 464 g/mol. The van der Waals surface area contributed by atoms with Gasteiger partial charge in [0.25, 0.3) is 11.5 Å². The number of para-hydroxylation sites is 1. The number of carbonyl (C=O) groups is 2. The Morgan fingerprint density at radius 2 is 1.76 bits per heavy atom. The van der Waals surface area contributed by atoms with Crippen molar-refractivity contribution in [1.29, 1.82) is 0 Å². The molecule has 168 valence electrons. The van der Waals surface area contributed by atoms with Crippen LogP contribution in [0, 0.1) is 0 Å². The predicted octanol–water partition coefficient (Wildman–Crippen LogP) is 4.27. The third-order valence-electron chi connectivity index (χ3n) is 4.78. The summed E-state index contributed by atoms with van der Waals surface area (Å²) >= 11 is 1.15. The van der Waals surface area contributed by atoms with Crippen LogP contribution in [-0.4, -0.2) is 34.9 Å². The smallest absolute Gasteiger partial charge is 0.359 e. The number of nitrogens with zero attached hydrogens (tertiary/aromatic N) is 2. The number of thiophene rings is 1. The van der Waals surface area contributed by atoms with E-state index < -0.39 is 11.5 Å². The SMILES string of the molecule is CCOC(=O)c1nn(-c2ccccc2)c(=O)c2c(NC(=O)c3ccc(OCC)cc3)scc12. The van der Waals surface area contributed by atoms with Gasteiger partial charge in [-0.1, -0.05) is 18.2 Å². The van der Waals surface area contributed by atoms with Gasteiger partial charge in [0.1, 0.15) is 10.8 Å². The van der Waals surface area contributed by atoms with Crippen LogP contribution >= 0.6 is 11.3 Å². The fourth-order valence-corrected chi connectivity index (χ4v) is 4.21. The number of nitrogens with one attached hydrogen (secondary N) is 1. The van der Waals surface area contributed by atoms with Crippen LogP contribution in [-0.2, 0) is 4.74 Å². The summed E-state index contributed by atoms with van der Waals surface area (Å²) in [7, 11) is 0. The molecule has 4 rings (SSSR count). The number of anilines is 1. The Labute approximate surface area is 193 Å². The van der Waals surface area contributed by atoms with E-state index in [-0.39, 0.29) is 23.6 Å². The molecule has 0 unspecified atom stereocenters. The summed E-state index contributed by atoms with van der Waals surface area (Å²) in [6.45, 7) is 4.26. The Balaban J connectivity index is 1.79. The third-order valence-corrected chi connectivity index (χ3v) is 5.67. The molecule has 2 heterocycles. The van der Waals surface area contributed by atoms with Crippen LogP contribution in [0.3, 0.4) is 0 Å². The van der Waals surface area contributed by atoms with E-state index in [9.17, 15) is 14.4 Å². The first-order valence-corrected chi connectivity index (χ1v) is 11.2. The maximum Gasteiger partial charge on any atom is 0.359 e. The molecule has 1 N–H and O–H groups in total. The monoisotopic (exact) mass is 463 g/mol. The molecule has 0 aliphatic heterocycles. The molecular formula is C24H21N3O5S. The van der Waals surface area contributed by atoms with Crippen LogP contribution in [0.4, 0.5) is 5.00 Å². The quantitative estimate of drug-likeness (QED) is 0.411. The molecule has 0 aliphatic carbocycles. The highest BCUT2D eigenvalue weighted by Crippen LogP contribution is 2.31.